The summed E-state index contributed by atoms with van der Waals surface area (Å²) in [6, 6.07) is 12.2. The van der Waals surface area contributed by atoms with Crippen LogP contribution in [0, 0.1) is 0 Å². The van der Waals surface area contributed by atoms with Crippen LogP contribution in [-0.4, -0.2) is 45.0 Å². The predicted molar refractivity (Wildman–Crippen MR) is 124 cm³/mol. The Balaban J connectivity index is 1.61. The highest BCUT2D eigenvalue weighted by atomic mass is 35.5. The normalized spacial score (nSPS) is 10.7. The summed E-state index contributed by atoms with van der Waals surface area (Å²) in [5, 5.41) is 10.9. The van der Waals surface area contributed by atoms with Gasteiger partial charge in [0, 0.05) is 22.9 Å². The molecule has 0 aliphatic rings. The zero-order valence-electron chi connectivity index (χ0n) is 16.8. The van der Waals surface area contributed by atoms with E-state index in [1.54, 1.807) is 30.3 Å². The molecular weight excluding hydrogens is 457 g/mol. The van der Waals surface area contributed by atoms with Crippen molar-refractivity contribution >= 4 is 52.5 Å². The second kappa shape index (κ2) is 11.2. The number of carbonyl (C=O) groups is 2. The van der Waals surface area contributed by atoms with Gasteiger partial charge in [0.05, 0.1) is 10.7 Å². The Morgan fingerprint density at radius 1 is 1.16 bits per heavy atom. The lowest BCUT2D eigenvalue weighted by Crippen LogP contribution is -2.38. The van der Waals surface area contributed by atoms with Gasteiger partial charge >= 0.3 is 0 Å². The molecule has 162 valence electrons. The summed E-state index contributed by atoms with van der Waals surface area (Å²) in [6.07, 6.45) is 2.19. The van der Waals surface area contributed by atoms with Gasteiger partial charge in [-0.05, 0) is 42.3 Å². The first-order valence-corrected chi connectivity index (χ1v) is 11.3. The maximum atomic E-state index is 13.0. The van der Waals surface area contributed by atoms with Crippen molar-refractivity contribution in [3.8, 4) is 0 Å². The first-order chi connectivity index (χ1) is 15.0. The second-order valence-corrected chi connectivity index (χ2v) is 8.48. The molecule has 0 fully saturated rings. The minimum atomic E-state index is -0.328. The lowest BCUT2D eigenvalue weighted by atomic mass is 10.1. The van der Waals surface area contributed by atoms with Gasteiger partial charge in [-0.1, -0.05) is 54.0 Å². The number of H-pyrrole nitrogens is 1. The Morgan fingerprint density at radius 2 is 1.94 bits per heavy atom. The fraction of sp³-hybridized carbons (Fsp3) is 0.238. The summed E-state index contributed by atoms with van der Waals surface area (Å²) in [4.78, 5) is 31.1. The molecule has 0 aliphatic heterocycles. The molecule has 0 spiro atoms. The lowest BCUT2D eigenvalue weighted by molar-refractivity contribution is -0.116. The fourth-order valence-electron chi connectivity index (χ4n) is 2.82. The van der Waals surface area contributed by atoms with Crippen molar-refractivity contribution in [3.05, 3.63) is 70.0 Å². The van der Waals surface area contributed by atoms with Crippen LogP contribution in [-0.2, 0) is 10.5 Å². The van der Waals surface area contributed by atoms with Gasteiger partial charge in [-0.25, -0.2) is 4.98 Å². The molecular formula is C21H21Cl2N5O2S. The quantitative estimate of drug-likeness (QED) is 0.427. The SMILES string of the molecule is CCCN(CC(=O)Nc1ccc(Cl)cc1Cl)C(=O)c1ccc(CSc2ncn[nH]2)cc1. The molecule has 7 nitrogen and oxygen atoms in total. The number of nitrogens with zero attached hydrogens (tertiary/aromatic N) is 3. The molecule has 0 bridgehead atoms. The molecule has 0 atom stereocenters. The Bertz CT molecular complexity index is 1030. The van der Waals surface area contributed by atoms with Crippen molar-refractivity contribution in [2.45, 2.75) is 24.3 Å². The van der Waals surface area contributed by atoms with Gasteiger partial charge in [0.2, 0.25) is 5.91 Å². The summed E-state index contributed by atoms with van der Waals surface area (Å²) < 4.78 is 0. The molecule has 0 radical (unpaired) electrons. The van der Waals surface area contributed by atoms with E-state index in [2.05, 4.69) is 20.5 Å². The van der Waals surface area contributed by atoms with Crippen LogP contribution in [0.25, 0.3) is 0 Å². The fourth-order valence-corrected chi connectivity index (χ4v) is 4.01. The van der Waals surface area contributed by atoms with Gasteiger partial charge in [0.25, 0.3) is 5.91 Å². The Labute approximate surface area is 194 Å². The minimum absolute atomic E-state index is 0.0747. The van der Waals surface area contributed by atoms with Crippen LogP contribution in [0.15, 0.2) is 53.9 Å². The van der Waals surface area contributed by atoms with Crippen LogP contribution in [0.2, 0.25) is 10.0 Å². The van der Waals surface area contributed by atoms with Crippen LogP contribution >= 0.6 is 35.0 Å². The number of benzene rings is 2. The summed E-state index contributed by atoms with van der Waals surface area (Å²) in [5.41, 5.74) is 2.03. The van der Waals surface area contributed by atoms with Gasteiger partial charge < -0.3 is 10.2 Å². The number of rotatable bonds is 9. The number of hydrogen-bond acceptors (Lipinski definition) is 5. The zero-order valence-corrected chi connectivity index (χ0v) is 19.1. The van der Waals surface area contributed by atoms with E-state index in [-0.39, 0.29) is 18.4 Å². The van der Waals surface area contributed by atoms with E-state index in [4.69, 9.17) is 23.2 Å². The molecule has 10 heteroatoms. The van der Waals surface area contributed by atoms with Crippen LogP contribution in [0.5, 0.6) is 0 Å². The molecule has 31 heavy (non-hydrogen) atoms. The molecule has 0 aliphatic carbocycles. The lowest BCUT2D eigenvalue weighted by Gasteiger charge is -2.22. The third-order valence-corrected chi connectivity index (χ3v) is 5.79. The maximum absolute atomic E-state index is 13.0. The molecule has 1 heterocycles. The van der Waals surface area contributed by atoms with Crippen LogP contribution < -0.4 is 5.32 Å². The minimum Gasteiger partial charge on any atom is -0.329 e. The summed E-state index contributed by atoms with van der Waals surface area (Å²) in [6.45, 7) is 2.34. The monoisotopic (exact) mass is 477 g/mol. The average Bonchev–Trinajstić information content (AvgIpc) is 3.27. The van der Waals surface area contributed by atoms with E-state index in [0.717, 1.165) is 17.1 Å². The Morgan fingerprint density at radius 3 is 2.58 bits per heavy atom. The van der Waals surface area contributed by atoms with E-state index in [1.165, 1.54) is 23.0 Å². The summed E-state index contributed by atoms with van der Waals surface area (Å²) in [5.74, 6) is 0.173. The van der Waals surface area contributed by atoms with E-state index < -0.39 is 0 Å². The summed E-state index contributed by atoms with van der Waals surface area (Å²) in [7, 11) is 0. The molecule has 0 saturated heterocycles. The number of carbonyl (C=O) groups excluding carboxylic acids is 2. The number of halogens is 2. The second-order valence-electron chi connectivity index (χ2n) is 6.68. The molecule has 1 aromatic heterocycles. The smallest absolute Gasteiger partial charge is 0.254 e. The van der Waals surface area contributed by atoms with Gasteiger partial charge in [-0.15, -0.1) is 0 Å². The largest absolute Gasteiger partial charge is 0.329 e. The summed E-state index contributed by atoms with van der Waals surface area (Å²) >= 11 is 13.5. The first-order valence-electron chi connectivity index (χ1n) is 9.57. The van der Waals surface area contributed by atoms with Crippen LogP contribution in [0.3, 0.4) is 0 Å². The Hall–Kier alpha value is -2.55. The van der Waals surface area contributed by atoms with Gasteiger partial charge in [0.1, 0.15) is 12.9 Å². The predicted octanol–water partition coefficient (Wildman–Crippen LogP) is 4.89. The Kier molecular flexibility index (Phi) is 8.34. The van der Waals surface area contributed by atoms with Crippen molar-refractivity contribution in [1.82, 2.24) is 20.1 Å². The van der Waals surface area contributed by atoms with E-state index in [0.29, 0.717) is 33.6 Å². The van der Waals surface area contributed by atoms with Gasteiger partial charge in [-0.3, -0.25) is 14.7 Å². The number of thioether (sulfide) groups is 1. The number of aromatic amines is 1. The molecule has 2 aromatic carbocycles. The first kappa shape index (κ1) is 23.1. The molecule has 2 amide bonds. The zero-order chi connectivity index (χ0) is 22.2. The van der Waals surface area contributed by atoms with Crippen LogP contribution in [0.4, 0.5) is 5.69 Å². The molecule has 3 rings (SSSR count). The standard InChI is InChI=1S/C21H21Cl2N5O2S/c1-2-9-28(11-19(29)26-18-8-7-16(22)10-17(18)23)20(30)15-5-3-14(4-6-15)12-31-21-24-13-25-27-21/h3-8,10,13H,2,9,11-12H2,1H3,(H,26,29)(H,24,25,27). The molecule has 2 N–H and O–H groups in total. The number of nitrogens with one attached hydrogen (secondary N) is 2. The number of aromatic nitrogens is 3. The van der Waals surface area contributed by atoms with Crippen molar-refractivity contribution in [2.75, 3.05) is 18.4 Å². The van der Waals surface area contributed by atoms with Crippen LogP contribution in [0.1, 0.15) is 29.3 Å². The van der Waals surface area contributed by atoms with Gasteiger partial charge in [0.15, 0.2) is 5.16 Å². The molecule has 3 aromatic rings. The van der Waals surface area contributed by atoms with E-state index in [9.17, 15) is 9.59 Å². The highest BCUT2D eigenvalue weighted by Crippen LogP contribution is 2.25. The highest BCUT2D eigenvalue weighted by Gasteiger charge is 2.19. The highest BCUT2D eigenvalue weighted by molar-refractivity contribution is 7.98. The van der Waals surface area contributed by atoms with E-state index in [1.807, 2.05) is 19.1 Å². The third-order valence-electron chi connectivity index (χ3n) is 4.29. The molecule has 0 saturated carbocycles. The van der Waals surface area contributed by atoms with Crippen molar-refractivity contribution in [1.29, 1.82) is 0 Å². The maximum Gasteiger partial charge on any atom is 0.254 e. The number of hydrogen-bond donors (Lipinski definition) is 2. The van der Waals surface area contributed by atoms with Gasteiger partial charge in [-0.2, -0.15) is 5.10 Å². The van der Waals surface area contributed by atoms with Crippen molar-refractivity contribution in [2.24, 2.45) is 0 Å². The number of anilines is 1. The van der Waals surface area contributed by atoms with E-state index >= 15 is 0 Å². The van der Waals surface area contributed by atoms with Crippen molar-refractivity contribution in [3.63, 3.8) is 0 Å². The topological polar surface area (TPSA) is 91.0 Å². The van der Waals surface area contributed by atoms with Crippen molar-refractivity contribution < 1.29 is 9.59 Å². The molecule has 0 unspecified atom stereocenters. The number of amides is 2. The third kappa shape index (κ3) is 6.72. The average molecular weight is 478 g/mol.